The van der Waals surface area contributed by atoms with Crippen LogP contribution in [0.1, 0.15) is 58.8 Å². The minimum atomic E-state index is -4.20. The van der Waals surface area contributed by atoms with Gasteiger partial charge in [0.25, 0.3) is 5.91 Å². The van der Waals surface area contributed by atoms with Crippen molar-refractivity contribution in [3.8, 4) is 11.6 Å². The number of nitrogens with two attached hydrogens (primary N) is 1. The number of aliphatic hydroxyl groups is 1. The van der Waals surface area contributed by atoms with E-state index in [-0.39, 0.29) is 44.1 Å². The van der Waals surface area contributed by atoms with Crippen LogP contribution in [-0.2, 0) is 24.4 Å². The highest BCUT2D eigenvalue weighted by molar-refractivity contribution is 7.91. The maximum atomic E-state index is 14.2. The monoisotopic (exact) mass is 683 g/mol. The van der Waals surface area contributed by atoms with Crippen molar-refractivity contribution in [2.45, 2.75) is 87.3 Å². The molecule has 0 spiro atoms. The second-order valence-electron chi connectivity index (χ2n) is 14.1. The largest absolute Gasteiger partial charge is 0.494 e. The second kappa shape index (κ2) is 12.9. The summed E-state index contributed by atoms with van der Waals surface area (Å²) in [5, 5.41) is 14.1. The molecule has 2 aliphatic heterocycles. The van der Waals surface area contributed by atoms with Crippen LogP contribution in [-0.4, -0.2) is 89.9 Å². The van der Waals surface area contributed by atoms with E-state index in [1.54, 1.807) is 13.3 Å². The fourth-order valence-corrected chi connectivity index (χ4v) is 8.62. The van der Waals surface area contributed by atoms with E-state index in [1.165, 1.54) is 4.90 Å². The Balaban J connectivity index is 1.30. The summed E-state index contributed by atoms with van der Waals surface area (Å²) in [7, 11) is -2.64. The van der Waals surface area contributed by atoms with Gasteiger partial charge in [-0.25, -0.2) is 13.4 Å². The molecule has 3 heterocycles. The van der Waals surface area contributed by atoms with Crippen LogP contribution in [0.15, 0.2) is 42.6 Å². The number of methoxy groups -OCH3 is 1. The number of hydrogen-bond donors (Lipinski definition) is 4. The van der Waals surface area contributed by atoms with Crippen molar-refractivity contribution in [3.05, 3.63) is 42.6 Å². The molecular formula is C34H45N5O8S. The molecule has 14 heteroatoms. The van der Waals surface area contributed by atoms with Crippen molar-refractivity contribution in [3.63, 3.8) is 0 Å². The Morgan fingerprint density at radius 2 is 1.92 bits per heavy atom. The first-order chi connectivity index (χ1) is 22.8. The third-order valence-corrected chi connectivity index (χ3v) is 12.7. The number of pyridine rings is 1. The number of hydrogen-bond acceptors (Lipinski definition) is 10. The van der Waals surface area contributed by atoms with Gasteiger partial charge in [-0.3, -0.25) is 19.1 Å². The third-order valence-electron chi connectivity index (χ3n) is 10.6. The van der Waals surface area contributed by atoms with Crippen LogP contribution in [0.3, 0.4) is 0 Å². The molecule has 3 amide bonds. The first kappa shape index (κ1) is 34.1. The summed E-state index contributed by atoms with van der Waals surface area (Å²) in [5.41, 5.74) is 5.02. The molecule has 2 aromatic rings. The first-order valence-corrected chi connectivity index (χ1v) is 18.1. The lowest BCUT2D eigenvalue weighted by molar-refractivity contribution is -0.141. The number of sulfonamides is 1. The van der Waals surface area contributed by atoms with Gasteiger partial charge in [-0.15, -0.1) is 0 Å². The van der Waals surface area contributed by atoms with Crippen molar-refractivity contribution in [1.82, 2.24) is 19.9 Å². The molecule has 5 N–H and O–H groups in total. The van der Waals surface area contributed by atoms with Crippen LogP contribution in [0, 0.1) is 17.8 Å². The lowest BCUT2D eigenvalue weighted by atomic mass is 9.88. The number of ether oxygens (including phenoxy) is 2. The Morgan fingerprint density at radius 1 is 1.19 bits per heavy atom. The number of carbonyl (C=O) groups excluding carboxylic acids is 3. The summed E-state index contributed by atoms with van der Waals surface area (Å²) in [5.74, 6) is -1.30. The first-order valence-electron chi connectivity index (χ1n) is 16.7. The molecule has 0 radical (unpaired) electrons. The number of fused-ring (bicyclic) bond motifs is 3. The summed E-state index contributed by atoms with van der Waals surface area (Å²) in [6, 6.07) is 5.56. The van der Waals surface area contributed by atoms with Gasteiger partial charge < -0.3 is 30.5 Å². The summed E-state index contributed by atoms with van der Waals surface area (Å²) in [4.78, 5) is 47.8. The topological polar surface area (TPSA) is 190 Å². The molecular weight excluding hydrogens is 638 g/mol. The Bertz CT molecular complexity index is 1730. The number of rotatable bonds is 7. The van der Waals surface area contributed by atoms with Gasteiger partial charge >= 0.3 is 0 Å². The van der Waals surface area contributed by atoms with E-state index in [2.05, 4.69) is 21.9 Å². The van der Waals surface area contributed by atoms with E-state index >= 15 is 0 Å². The molecule has 0 bridgehead atoms. The minimum absolute atomic E-state index is 0.0604. The van der Waals surface area contributed by atoms with Gasteiger partial charge in [0.2, 0.25) is 27.7 Å². The quantitative estimate of drug-likeness (QED) is 0.313. The Hall–Kier alpha value is -3.75. The molecule has 13 nitrogen and oxygen atoms in total. The Morgan fingerprint density at radius 3 is 2.60 bits per heavy atom. The standard InChI is InChI=1S/C34H45N5O8S/c1-20-8-4-5-9-22-16-34(22,32(43)38-48(44,45)33(19-40)12-13-33)37-29(41)26-15-23(18-39(26)31(42)28(35)21(2)14-20)47-30-25-11-7-6-10-24(25)27(46-3)17-36-30/h5-7,9-11,17,20-23,26,28,40H,4,8,12-16,18-19,35H2,1-3H3,(H,37,41)(H,38,43)/b9-5-/t20-,21-,22-,23-,26+,28+,34-/m1/s1. The summed E-state index contributed by atoms with van der Waals surface area (Å²) >= 11 is 0. The maximum Gasteiger partial charge on any atom is 0.259 e. The molecule has 7 atom stereocenters. The average molecular weight is 684 g/mol. The van der Waals surface area contributed by atoms with E-state index in [4.69, 9.17) is 15.2 Å². The van der Waals surface area contributed by atoms with E-state index < -0.39 is 68.7 Å². The number of aliphatic hydroxyl groups excluding tert-OH is 1. The maximum absolute atomic E-state index is 14.2. The van der Waals surface area contributed by atoms with E-state index in [0.717, 1.165) is 11.8 Å². The van der Waals surface area contributed by atoms with Crippen LogP contribution >= 0.6 is 0 Å². The molecule has 6 rings (SSSR count). The van der Waals surface area contributed by atoms with Gasteiger partial charge in [-0.1, -0.05) is 44.2 Å². The molecule has 1 aromatic heterocycles. The molecule has 2 aliphatic carbocycles. The van der Waals surface area contributed by atoms with E-state index in [9.17, 15) is 27.9 Å². The predicted molar refractivity (Wildman–Crippen MR) is 177 cm³/mol. The van der Waals surface area contributed by atoms with Crippen LogP contribution in [0.2, 0.25) is 0 Å². The number of amides is 3. The Labute approximate surface area is 280 Å². The number of nitrogens with one attached hydrogen (secondary N) is 2. The molecule has 260 valence electrons. The van der Waals surface area contributed by atoms with Crippen molar-refractivity contribution in [1.29, 1.82) is 0 Å². The Kier molecular flexibility index (Phi) is 9.20. The van der Waals surface area contributed by atoms with Gasteiger partial charge in [-0.05, 0) is 56.4 Å². The highest BCUT2D eigenvalue weighted by Crippen LogP contribution is 2.47. The van der Waals surface area contributed by atoms with Crippen molar-refractivity contribution in [2.24, 2.45) is 23.5 Å². The van der Waals surface area contributed by atoms with E-state index in [1.807, 2.05) is 43.3 Å². The second-order valence-corrected chi connectivity index (χ2v) is 16.1. The molecule has 4 aliphatic rings. The van der Waals surface area contributed by atoms with Crippen LogP contribution in [0.5, 0.6) is 11.6 Å². The van der Waals surface area contributed by atoms with Gasteiger partial charge in [0.05, 0.1) is 32.5 Å². The number of allylic oxidation sites excluding steroid dienone is 1. The summed E-state index contributed by atoms with van der Waals surface area (Å²) in [6.45, 7) is 3.50. The average Bonchev–Trinajstić information content (AvgIpc) is 3.97. The lowest BCUT2D eigenvalue weighted by Gasteiger charge is -2.30. The summed E-state index contributed by atoms with van der Waals surface area (Å²) < 4.78 is 38.8. The molecule has 1 saturated heterocycles. The van der Waals surface area contributed by atoms with Crippen molar-refractivity contribution >= 4 is 38.5 Å². The molecule has 2 saturated carbocycles. The fourth-order valence-electron chi connectivity index (χ4n) is 7.16. The van der Waals surface area contributed by atoms with Gasteiger partial charge in [0.15, 0.2) is 0 Å². The zero-order chi connectivity index (χ0) is 34.4. The van der Waals surface area contributed by atoms with E-state index in [0.29, 0.717) is 29.9 Å². The SMILES string of the molecule is COc1cnc(O[C@@H]2C[C@H]3C(=O)N[C@]4(C(=O)NS(=O)(=O)C5(CO)CC5)C[C@H]4/C=C\CC[C@@H](C)C[C@@H](C)[C@H](N)C(=O)N3C2)c2ccccc12. The smallest absolute Gasteiger partial charge is 0.259 e. The molecule has 0 unspecified atom stereocenters. The van der Waals surface area contributed by atoms with Crippen molar-refractivity contribution in [2.75, 3.05) is 20.3 Å². The van der Waals surface area contributed by atoms with Gasteiger partial charge in [0, 0.05) is 23.1 Å². The zero-order valence-electron chi connectivity index (χ0n) is 27.6. The lowest BCUT2D eigenvalue weighted by Crippen LogP contribution is -2.58. The van der Waals surface area contributed by atoms with Crippen LogP contribution < -0.4 is 25.2 Å². The van der Waals surface area contributed by atoms with Gasteiger partial charge in [-0.2, -0.15) is 0 Å². The predicted octanol–water partition coefficient (Wildman–Crippen LogP) is 1.78. The normalized spacial score (nSPS) is 32.6. The van der Waals surface area contributed by atoms with Crippen molar-refractivity contribution < 1.29 is 37.4 Å². The molecule has 1 aromatic carbocycles. The highest BCUT2D eigenvalue weighted by atomic mass is 32.2. The molecule has 3 fully saturated rings. The molecule has 48 heavy (non-hydrogen) atoms. The fraction of sp³-hybridized carbons (Fsp3) is 0.588. The zero-order valence-corrected chi connectivity index (χ0v) is 28.4. The number of nitrogens with zero attached hydrogens (tertiary/aromatic N) is 2. The highest BCUT2D eigenvalue weighted by Gasteiger charge is 2.63. The van der Waals surface area contributed by atoms with Crippen LogP contribution in [0.4, 0.5) is 0 Å². The number of benzene rings is 1. The van der Waals surface area contributed by atoms with Crippen LogP contribution in [0.25, 0.3) is 10.8 Å². The number of carbonyl (C=O) groups is 3. The summed E-state index contributed by atoms with van der Waals surface area (Å²) in [6.07, 6.45) is 7.78. The minimum Gasteiger partial charge on any atom is -0.494 e. The third kappa shape index (κ3) is 6.25. The van der Waals surface area contributed by atoms with Gasteiger partial charge in [0.1, 0.15) is 28.2 Å². The number of aromatic nitrogens is 1.